The molecule has 0 aliphatic heterocycles. The molecule has 5 heteroatoms. The molecule has 1 aromatic heterocycles. The van der Waals surface area contributed by atoms with Crippen molar-refractivity contribution in [2.24, 2.45) is 0 Å². The van der Waals surface area contributed by atoms with Gasteiger partial charge in [0.15, 0.2) is 0 Å². The van der Waals surface area contributed by atoms with E-state index in [4.69, 9.17) is 0 Å². The average Bonchev–Trinajstić information content (AvgIpc) is 2.91. The molecule has 1 amide bonds. The molecular weight excluding hydrogens is 289 g/mol. The fourth-order valence-corrected chi connectivity index (χ4v) is 3.06. The Morgan fingerprint density at radius 3 is 2.81 bits per heavy atom. The van der Waals surface area contributed by atoms with E-state index in [1.165, 1.54) is 23.5 Å². The summed E-state index contributed by atoms with van der Waals surface area (Å²) in [6.07, 6.45) is 0. The number of aliphatic hydroxyl groups is 1. The number of thiophene rings is 1. The van der Waals surface area contributed by atoms with E-state index in [1.54, 1.807) is 36.4 Å². The standard InChI is InChI=1S/C16H12FNO2S/c17-12-6-5-10-7-15(21-14(10)8-12)16(20)18-13-4-2-1-3-11(13)9-19/h1-8,19H,9H2,(H,18,20). The zero-order valence-corrected chi connectivity index (χ0v) is 11.8. The van der Waals surface area contributed by atoms with E-state index < -0.39 is 0 Å². The highest BCUT2D eigenvalue weighted by molar-refractivity contribution is 7.20. The van der Waals surface area contributed by atoms with E-state index in [0.717, 1.165) is 10.1 Å². The van der Waals surface area contributed by atoms with E-state index >= 15 is 0 Å². The summed E-state index contributed by atoms with van der Waals surface area (Å²) in [6.45, 7) is -0.145. The van der Waals surface area contributed by atoms with Gasteiger partial charge in [-0.25, -0.2) is 4.39 Å². The molecule has 0 unspecified atom stereocenters. The molecular formula is C16H12FNO2S. The summed E-state index contributed by atoms with van der Waals surface area (Å²) in [5.41, 5.74) is 1.23. The number of carbonyl (C=O) groups is 1. The third kappa shape index (κ3) is 2.79. The predicted octanol–water partition coefficient (Wildman–Crippen LogP) is 3.79. The van der Waals surface area contributed by atoms with Gasteiger partial charge >= 0.3 is 0 Å². The number of rotatable bonds is 3. The topological polar surface area (TPSA) is 49.3 Å². The number of hydrogen-bond acceptors (Lipinski definition) is 3. The van der Waals surface area contributed by atoms with Gasteiger partial charge < -0.3 is 10.4 Å². The minimum Gasteiger partial charge on any atom is -0.392 e. The van der Waals surface area contributed by atoms with Crippen LogP contribution in [0.4, 0.5) is 10.1 Å². The van der Waals surface area contributed by atoms with E-state index in [2.05, 4.69) is 5.32 Å². The first-order chi connectivity index (χ1) is 10.2. The fourth-order valence-electron chi connectivity index (χ4n) is 2.08. The Morgan fingerprint density at radius 1 is 1.19 bits per heavy atom. The van der Waals surface area contributed by atoms with Gasteiger partial charge in [0.05, 0.1) is 11.5 Å². The van der Waals surface area contributed by atoms with Crippen LogP contribution in [0.15, 0.2) is 48.5 Å². The van der Waals surface area contributed by atoms with Crippen molar-refractivity contribution in [3.05, 3.63) is 64.8 Å². The van der Waals surface area contributed by atoms with Crippen LogP contribution in [0.5, 0.6) is 0 Å². The summed E-state index contributed by atoms with van der Waals surface area (Å²) in [4.78, 5) is 12.8. The van der Waals surface area contributed by atoms with Crippen molar-refractivity contribution < 1.29 is 14.3 Å². The van der Waals surface area contributed by atoms with Crippen molar-refractivity contribution in [3.63, 3.8) is 0 Å². The van der Waals surface area contributed by atoms with Crippen molar-refractivity contribution in [2.45, 2.75) is 6.61 Å². The Kier molecular flexibility index (Phi) is 3.68. The summed E-state index contributed by atoms with van der Waals surface area (Å²) in [7, 11) is 0. The second-order valence-corrected chi connectivity index (χ2v) is 5.65. The summed E-state index contributed by atoms with van der Waals surface area (Å²) >= 11 is 1.24. The van der Waals surface area contributed by atoms with E-state index in [0.29, 0.717) is 16.1 Å². The predicted molar refractivity (Wildman–Crippen MR) is 82.1 cm³/mol. The quantitative estimate of drug-likeness (QED) is 0.773. The molecule has 0 aliphatic rings. The van der Waals surface area contributed by atoms with Crippen LogP contribution in [0.1, 0.15) is 15.2 Å². The number of aliphatic hydroxyl groups excluding tert-OH is 1. The Bertz CT molecular complexity index is 813. The van der Waals surface area contributed by atoms with Gasteiger partial charge in [0, 0.05) is 16.0 Å². The molecule has 0 atom stereocenters. The van der Waals surface area contributed by atoms with Crippen LogP contribution in [0.2, 0.25) is 0 Å². The second kappa shape index (κ2) is 5.63. The van der Waals surface area contributed by atoms with Gasteiger partial charge in [0.25, 0.3) is 5.91 Å². The molecule has 2 N–H and O–H groups in total. The van der Waals surface area contributed by atoms with Gasteiger partial charge in [0.2, 0.25) is 0 Å². The minimum atomic E-state index is -0.318. The van der Waals surface area contributed by atoms with Crippen LogP contribution in [-0.2, 0) is 6.61 Å². The molecule has 3 nitrogen and oxygen atoms in total. The maximum absolute atomic E-state index is 13.2. The average molecular weight is 301 g/mol. The maximum atomic E-state index is 13.2. The maximum Gasteiger partial charge on any atom is 0.265 e. The lowest BCUT2D eigenvalue weighted by molar-refractivity contribution is 0.103. The number of halogens is 1. The van der Waals surface area contributed by atoms with Gasteiger partial charge in [0.1, 0.15) is 5.82 Å². The molecule has 3 rings (SSSR count). The highest BCUT2D eigenvalue weighted by atomic mass is 32.1. The third-order valence-electron chi connectivity index (χ3n) is 3.14. The van der Waals surface area contributed by atoms with Gasteiger partial charge in [-0.3, -0.25) is 4.79 Å². The van der Waals surface area contributed by atoms with Gasteiger partial charge in [-0.05, 0) is 29.7 Å². The third-order valence-corrected chi connectivity index (χ3v) is 4.24. The van der Waals surface area contributed by atoms with Crippen molar-refractivity contribution in [3.8, 4) is 0 Å². The first-order valence-corrected chi connectivity index (χ1v) is 7.18. The molecule has 0 saturated carbocycles. The summed E-state index contributed by atoms with van der Waals surface area (Å²) in [5, 5.41) is 12.9. The van der Waals surface area contributed by atoms with Crippen LogP contribution in [0.25, 0.3) is 10.1 Å². The molecule has 3 aromatic rings. The highest BCUT2D eigenvalue weighted by Gasteiger charge is 2.12. The molecule has 0 aliphatic carbocycles. The molecule has 1 heterocycles. The lowest BCUT2D eigenvalue weighted by atomic mass is 10.2. The Balaban J connectivity index is 1.90. The van der Waals surface area contributed by atoms with Gasteiger partial charge in [-0.15, -0.1) is 11.3 Å². The van der Waals surface area contributed by atoms with Crippen LogP contribution >= 0.6 is 11.3 Å². The van der Waals surface area contributed by atoms with Gasteiger partial charge in [-0.2, -0.15) is 0 Å². The number of hydrogen-bond donors (Lipinski definition) is 2. The largest absolute Gasteiger partial charge is 0.392 e. The van der Waals surface area contributed by atoms with Crippen molar-refractivity contribution in [1.29, 1.82) is 0 Å². The lowest BCUT2D eigenvalue weighted by Crippen LogP contribution is -2.11. The molecule has 0 bridgehead atoms. The lowest BCUT2D eigenvalue weighted by Gasteiger charge is -2.07. The van der Waals surface area contributed by atoms with Crippen molar-refractivity contribution in [2.75, 3.05) is 5.32 Å². The molecule has 21 heavy (non-hydrogen) atoms. The van der Waals surface area contributed by atoms with Crippen LogP contribution in [-0.4, -0.2) is 11.0 Å². The second-order valence-electron chi connectivity index (χ2n) is 4.56. The zero-order valence-electron chi connectivity index (χ0n) is 11.0. The Morgan fingerprint density at radius 2 is 2.00 bits per heavy atom. The number of benzene rings is 2. The number of carbonyl (C=O) groups excluding carboxylic acids is 1. The monoisotopic (exact) mass is 301 g/mol. The SMILES string of the molecule is O=C(Nc1ccccc1CO)c1cc2ccc(F)cc2s1. The van der Waals surface area contributed by atoms with Crippen molar-refractivity contribution in [1.82, 2.24) is 0 Å². The summed E-state index contributed by atoms with van der Waals surface area (Å²) < 4.78 is 13.9. The smallest absolute Gasteiger partial charge is 0.265 e. The van der Waals surface area contributed by atoms with E-state index in [1.807, 2.05) is 0 Å². The Hall–Kier alpha value is -2.24. The first-order valence-electron chi connectivity index (χ1n) is 6.36. The molecule has 0 spiro atoms. The molecule has 0 radical (unpaired) electrons. The minimum absolute atomic E-state index is 0.145. The molecule has 2 aromatic carbocycles. The number of anilines is 1. The Labute approximate surface area is 124 Å². The zero-order chi connectivity index (χ0) is 14.8. The van der Waals surface area contributed by atoms with Gasteiger partial charge in [-0.1, -0.05) is 24.3 Å². The molecule has 106 valence electrons. The number of amides is 1. The van der Waals surface area contributed by atoms with E-state index in [9.17, 15) is 14.3 Å². The first kappa shape index (κ1) is 13.7. The summed E-state index contributed by atoms with van der Waals surface area (Å²) in [5.74, 6) is -0.584. The van der Waals surface area contributed by atoms with Crippen LogP contribution < -0.4 is 5.32 Å². The number of fused-ring (bicyclic) bond motifs is 1. The van der Waals surface area contributed by atoms with Crippen molar-refractivity contribution >= 4 is 33.0 Å². The molecule has 0 saturated heterocycles. The summed E-state index contributed by atoms with van der Waals surface area (Å²) in [6, 6.07) is 13.2. The normalized spacial score (nSPS) is 10.8. The number of para-hydroxylation sites is 1. The van der Waals surface area contributed by atoms with E-state index in [-0.39, 0.29) is 18.3 Å². The highest BCUT2D eigenvalue weighted by Crippen LogP contribution is 2.27. The number of nitrogens with one attached hydrogen (secondary N) is 1. The van der Waals surface area contributed by atoms with Crippen LogP contribution in [0, 0.1) is 5.82 Å². The fraction of sp³-hybridized carbons (Fsp3) is 0.0625. The molecule has 0 fully saturated rings. The van der Waals surface area contributed by atoms with Crippen LogP contribution in [0.3, 0.4) is 0 Å².